The zero-order valence-corrected chi connectivity index (χ0v) is 16.0. The molecular weight excluding hydrogens is 352 g/mol. The van der Waals surface area contributed by atoms with Crippen molar-refractivity contribution >= 4 is 11.2 Å². The van der Waals surface area contributed by atoms with Crippen molar-refractivity contribution in [2.45, 2.75) is 63.1 Å². The number of aromatic nitrogens is 5. The minimum Gasteiger partial charge on any atom is -0.375 e. The molecule has 3 aliphatic heterocycles. The van der Waals surface area contributed by atoms with Gasteiger partial charge in [-0.1, -0.05) is 0 Å². The van der Waals surface area contributed by atoms with Crippen LogP contribution in [0.4, 0.5) is 5.69 Å². The molecule has 1 N–H and O–H groups in total. The maximum atomic E-state index is 6.08. The van der Waals surface area contributed by atoms with Crippen LogP contribution in [0.15, 0.2) is 24.5 Å². The molecule has 3 fully saturated rings. The second-order valence-corrected chi connectivity index (χ2v) is 8.48. The molecule has 2 unspecified atom stereocenters. The van der Waals surface area contributed by atoms with E-state index in [1.165, 1.54) is 43.5 Å². The number of nitrogens with zero attached hydrogens (tertiary/aromatic N) is 5. The number of rotatable bonds is 3. The van der Waals surface area contributed by atoms with E-state index in [1.807, 2.05) is 16.8 Å². The third kappa shape index (κ3) is 2.71. The van der Waals surface area contributed by atoms with Crippen molar-refractivity contribution in [1.82, 2.24) is 24.8 Å². The zero-order chi connectivity index (χ0) is 18.5. The Bertz CT molecular complexity index is 962. The Hall–Kier alpha value is -2.41. The number of aromatic amines is 1. The summed E-state index contributed by atoms with van der Waals surface area (Å²) in [5.74, 6) is 1.30. The number of ether oxygens (including phenoxy) is 1. The summed E-state index contributed by atoms with van der Waals surface area (Å²) < 4.78 is 8.11. The third-order valence-electron chi connectivity index (χ3n) is 6.65. The van der Waals surface area contributed by atoms with E-state index in [4.69, 9.17) is 14.8 Å². The molecule has 3 saturated heterocycles. The lowest BCUT2D eigenvalue weighted by atomic mass is 9.92. The summed E-state index contributed by atoms with van der Waals surface area (Å²) in [6.45, 7) is 2.23. The van der Waals surface area contributed by atoms with Gasteiger partial charge < -0.3 is 9.64 Å². The van der Waals surface area contributed by atoms with Crippen molar-refractivity contribution < 1.29 is 4.74 Å². The number of fused-ring (bicyclic) bond motifs is 3. The highest BCUT2D eigenvalue weighted by molar-refractivity contribution is 5.75. The molecule has 28 heavy (non-hydrogen) atoms. The summed E-state index contributed by atoms with van der Waals surface area (Å²) in [7, 11) is 0. The Morgan fingerprint density at radius 2 is 1.89 bits per heavy atom. The van der Waals surface area contributed by atoms with E-state index in [0.717, 1.165) is 43.0 Å². The van der Waals surface area contributed by atoms with E-state index in [2.05, 4.69) is 21.2 Å². The van der Waals surface area contributed by atoms with E-state index >= 15 is 0 Å². The molecule has 146 valence electrons. The molecule has 3 aliphatic rings. The summed E-state index contributed by atoms with van der Waals surface area (Å²) in [6.07, 6.45) is 13.0. The number of imidazole rings is 1. The molecule has 3 aromatic heterocycles. The average Bonchev–Trinajstić information content (AvgIpc) is 3.47. The largest absolute Gasteiger partial charge is 0.375 e. The van der Waals surface area contributed by atoms with E-state index in [-0.39, 0.29) is 0 Å². The fraction of sp³-hybridized carbons (Fsp3) is 0.571. The van der Waals surface area contributed by atoms with E-state index in [1.54, 1.807) is 6.20 Å². The number of anilines is 1. The normalized spacial score (nSPS) is 27.6. The number of H-pyrrole nitrogens is 1. The van der Waals surface area contributed by atoms with Crippen molar-refractivity contribution in [1.29, 1.82) is 0 Å². The Balaban J connectivity index is 1.48. The van der Waals surface area contributed by atoms with Crippen molar-refractivity contribution in [2.24, 2.45) is 0 Å². The van der Waals surface area contributed by atoms with Gasteiger partial charge in [-0.3, -0.25) is 5.10 Å². The molecule has 7 nitrogen and oxygen atoms in total. The predicted molar refractivity (Wildman–Crippen MR) is 107 cm³/mol. The molecule has 0 aromatic carbocycles. The maximum Gasteiger partial charge on any atom is 0.179 e. The standard InChI is InChI=1S/C21H26N6O/c1-2-8-26(9-3-1)19-12-18(14-10-15-4-5-16(11-14)28-15)25-27-20(19)13-22-21(27)17-6-7-23-24-17/h6-7,12-16H,1-5,8-11H2,(H,23,24). The monoisotopic (exact) mass is 378 g/mol. The first-order valence-corrected chi connectivity index (χ1v) is 10.6. The molecule has 2 bridgehead atoms. The lowest BCUT2D eigenvalue weighted by Crippen LogP contribution is -2.30. The lowest BCUT2D eigenvalue weighted by Gasteiger charge is -2.31. The second-order valence-electron chi connectivity index (χ2n) is 8.48. The van der Waals surface area contributed by atoms with E-state index in [0.29, 0.717) is 18.1 Å². The summed E-state index contributed by atoms with van der Waals surface area (Å²) in [4.78, 5) is 7.22. The van der Waals surface area contributed by atoms with Crippen LogP contribution in [-0.4, -0.2) is 50.1 Å². The summed E-state index contributed by atoms with van der Waals surface area (Å²) in [6, 6.07) is 4.30. The summed E-state index contributed by atoms with van der Waals surface area (Å²) in [5.41, 5.74) is 4.46. The molecule has 3 aromatic rings. The molecule has 6 heterocycles. The molecule has 0 spiro atoms. The Morgan fingerprint density at radius 1 is 1.07 bits per heavy atom. The molecule has 0 saturated carbocycles. The van der Waals surface area contributed by atoms with Crippen LogP contribution in [0.2, 0.25) is 0 Å². The Kier molecular flexibility index (Phi) is 3.89. The predicted octanol–water partition coefficient (Wildman–Crippen LogP) is 3.53. The molecule has 7 heteroatoms. The van der Waals surface area contributed by atoms with Gasteiger partial charge in [-0.05, 0) is 57.1 Å². The number of piperidine rings is 1. The van der Waals surface area contributed by atoms with Crippen LogP contribution < -0.4 is 4.90 Å². The SMILES string of the molecule is c1cc(-c2ncc3c(N4CCCCC4)cc(C4CC5CCC(C4)O5)nn23)[nH]n1. The van der Waals surface area contributed by atoms with Gasteiger partial charge in [0.05, 0.1) is 29.8 Å². The summed E-state index contributed by atoms with van der Waals surface area (Å²) >= 11 is 0. The van der Waals surface area contributed by atoms with Gasteiger partial charge >= 0.3 is 0 Å². The van der Waals surface area contributed by atoms with Gasteiger partial charge in [0.1, 0.15) is 11.2 Å². The van der Waals surface area contributed by atoms with Crippen molar-refractivity contribution in [3.63, 3.8) is 0 Å². The summed E-state index contributed by atoms with van der Waals surface area (Å²) in [5, 5.41) is 12.2. The van der Waals surface area contributed by atoms with Crippen LogP contribution in [0.5, 0.6) is 0 Å². The van der Waals surface area contributed by atoms with E-state index in [9.17, 15) is 0 Å². The average molecular weight is 378 g/mol. The topological polar surface area (TPSA) is 71.3 Å². The van der Waals surface area contributed by atoms with Gasteiger partial charge in [-0.15, -0.1) is 0 Å². The van der Waals surface area contributed by atoms with Crippen LogP contribution in [0.1, 0.15) is 56.6 Å². The first-order chi connectivity index (χ1) is 13.8. The number of hydrogen-bond acceptors (Lipinski definition) is 5. The number of nitrogens with one attached hydrogen (secondary N) is 1. The Morgan fingerprint density at radius 3 is 2.64 bits per heavy atom. The van der Waals surface area contributed by atoms with Gasteiger partial charge in [-0.2, -0.15) is 10.2 Å². The smallest absolute Gasteiger partial charge is 0.179 e. The molecule has 0 aliphatic carbocycles. The second kappa shape index (κ2) is 6.58. The fourth-order valence-electron chi connectivity index (χ4n) is 5.23. The lowest BCUT2D eigenvalue weighted by molar-refractivity contribution is -0.00454. The minimum absolute atomic E-state index is 0.412. The first kappa shape index (κ1) is 16.5. The van der Waals surface area contributed by atoms with Crippen molar-refractivity contribution in [2.75, 3.05) is 18.0 Å². The van der Waals surface area contributed by atoms with E-state index < -0.39 is 0 Å². The van der Waals surface area contributed by atoms with Crippen LogP contribution in [0, 0.1) is 0 Å². The maximum absolute atomic E-state index is 6.08. The van der Waals surface area contributed by atoms with Crippen LogP contribution in [0.25, 0.3) is 17.0 Å². The highest BCUT2D eigenvalue weighted by Crippen LogP contribution is 2.41. The van der Waals surface area contributed by atoms with Gasteiger partial charge in [0, 0.05) is 25.2 Å². The molecule has 0 amide bonds. The molecular formula is C21H26N6O. The van der Waals surface area contributed by atoms with Crippen molar-refractivity contribution in [3.05, 3.63) is 30.2 Å². The van der Waals surface area contributed by atoms with Crippen LogP contribution >= 0.6 is 0 Å². The Labute approximate surface area is 164 Å². The fourth-order valence-corrected chi connectivity index (χ4v) is 5.23. The first-order valence-electron chi connectivity index (χ1n) is 10.6. The van der Waals surface area contributed by atoms with Gasteiger partial charge in [-0.25, -0.2) is 9.50 Å². The highest BCUT2D eigenvalue weighted by Gasteiger charge is 2.36. The van der Waals surface area contributed by atoms with Gasteiger partial charge in [0.15, 0.2) is 5.82 Å². The number of hydrogen-bond donors (Lipinski definition) is 1. The quantitative estimate of drug-likeness (QED) is 0.755. The highest BCUT2D eigenvalue weighted by atomic mass is 16.5. The van der Waals surface area contributed by atoms with Crippen LogP contribution in [0.3, 0.4) is 0 Å². The molecule has 2 atom stereocenters. The van der Waals surface area contributed by atoms with Crippen molar-refractivity contribution in [3.8, 4) is 11.5 Å². The third-order valence-corrected chi connectivity index (χ3v) is 6.65. The van der Waals surface area contributed by atoms with Gasteiger partial charge in [0.2, 0.25) is 0 Å². The zero-order valence-electron chi connectivity index (χ0n) is 16.0. The minimum atomic E-state index is 0.412. The molecule has 6 rings (SSSR count). The van der Waals surface area contributed by atoms with Gasteiger partial charge in [0.25, 0.3) is 0 Å². The van der Waals surface area contributed by atoms with Crippen LogP contribution in [-0.2, 0) is 4.74 Å². The molecule has 0 radical (unpaired) electrons.